The van der Waals surface area contributed by atoms with Crippen LogP contribution in [-0.4, -0.2) is 29.6 Å². The van der Waals surface area contributed by atoms with Gasteiger partial charge < -0.3 is 19.2 Å². The van der Waals surface area contributed by atoms with Crippen molar-refractivity contribution in [3.8, 4) is 0 Å². The van der Waals surface area contributed by atoms with E-state index in [1.807, 2.05) is 13.8 Å². The number of carbonyl (C=O) groups excluding carboxylic acids is 2. The quantitative estimate of drug-likeness (QED) is 0.476. The average molecular weight is 471 g/mol. The fourth-order valence-corrected chi connectivity index (χ4v) is 2.92. The smallest absolute Gasteiger partial charge is 0.417 e. The fraction of sp³-hybridized carbons (Fsp3) is 0.286. The Balaban J connectivity index is 1.69. The third-order valence-electron chi connectivity index (χ3n) is 4.21. The van der Waals surface area contributed by atoms with Crippen LogP contribution in [0.25, 0.3) is 11.0 Å². The topological polar surface area (TPSA) is 90.7 Å². The second-order valence-corrected chi connectivity index (χ2v) is 7.35. The fourth-order valence-electron chi connectivity index (χ4n) is 2.71. The summed E-state index contributed by atoms with van der Waals surface area (Å²) in [4.78, 5) is 28.1. The first-order valence-electron chi connectivity index (χ1n) is 9.38. The van der Waals surface area contributed by atoms with Crippen molar-refractivity contribution < 1.29 is 36.7 Å². The normalized spacial score (nSPS) is 11.7. The Bertz CT molecular complexity index is 1140. The van der Waals surface area contributed by atoms with Crippen LogP contribution in [0.2, 0.25) is 5.02 Å². The molecule has 2 aromatic heterocycles. The Hall–Kier alpha value is -3.11. The summed E-state index contributed by atoms with van der Waals surface area (Å²) in [5, 5.41) is 2.45. The van der Waals surface area contributed by atoms with E-state index in [1.165, 1.54) is 0 Å². The van der Waals surface area contributed by atoms with Crippen molar-refractivity contribution in [3.63, 3.8) is 0 Å². The molecule has 1 N–H and O–H groups in total. The molecule has 0 radical (unpaired) electrons. The molecule has 0 fully saturated rings. The first-order valence-corrected chi connectivity index (χ1v) is 9.75. The van der Waals surface area contributed by atoms with Crippen molar-refractivity contribution in [2.75, 3.05) is 11.9 Å². The molecule has 0 aliphatic carbocycles. The van der Waals surface area contributed by atoms with Gasteiger partial charge in [-0.1, -0.05) is 29.8 Å². The first kappa shape index (κ1) is 23.6. The minimum absolute atomic E-state index is 0.0936. The molecule has 32 heavy (non-hydrogen) atoms. The van der Waals surface area contributed by atoms with Crippen molar-refractivity contribution in [1.82, 2.24) is 4.98 Å². The largest absolute Gasteiger partial charge is 0.450 e. The number of hydrogen-bond acceptors (Lipinski definition) is 6. The molecule has 0 spiro atoms. The minimum atomic E-state index is -4.63. The molecule has 0 aliphatic rings. The molecule has 0 aliphatic heterocycles. The van der Waals surface area contributed by atoms with E-state index in [0.717, 1.165) is 0 Å². The molecule has 3 aromatic rings. The SMILES string of the molecule is CC(C)OCc1c(C(=O)OCC(=O)Nc2ncc(C(F)(F)F)cc2Cl)oc2ccccc12. The number of esters is 1. The number of nitrogens with zero attached hydrogens (tertiary/aromatic N) is 1. The Kier molecular flexibility index (Phi) is 7.05. The molecule has 2 heterocycles. The molecule has 0 saturated heterocycles. The van der Waals surface area contributed by atoms with Gasteiger partial charge in [0.1, 0.15) is 5.58 Å². The minimum Gasteiger partial charge on any atom is -0.450 e. The molecule has 0 saturated carbocycles. The predicted molar refractivity (Wildman–Crippen MR) is 109 cm³/mol. The Morgan fingerprint density at radius 2 is 1.97 bits per heavy atom. The third kappa shape index (κ3) is 5.57. The standard InChI is InChI=1S/C21H18ClF3N2O5/c1-11(2)30-9-14-13-5-3-4-6-16(13)32-18(14)20(29)31-10-17(28)27-19-15(22)7-12(8-26-19)21(23,24)25/h3-8,11H,9-10H2,1-2H3,(H,26,27,28). The lowest BCUT2D eigenvalue weighted by Crippen LogP contribution is -2.22. The molecular weight excluding hydrogens is 453 g/mol. The Labute approximate surface area is 185 Å². The number of hydrogen-bond donors (Lipinski definition) is 1. The van der Waals surface area contributed by atoms with Gasteiger partial charge >= 0.3 is 12.1 Å². The number of anilines is 1. The number of furan rings is 1. The van der Waals surface area contributed by atoms with Gasteiger partial charge in [-0.25, -0.2) is 9.78 Å². The summed E-state index contributed by atoms with van der Waals surface area (Å²) in [6.45, 7) is 3.03. The van der Waals surface area contributed by atoms with E-state index < -0.39 is 35.2 Å². The highest BCUT2D eigenvalue weighted by Crippen LogP contribution is 2.32. The van der Waals surface area contributed by atoms with Gasteiger partial charge in [0, 0.05) is 17.1 Å². The molecule has 0 unspecified atom stereocenters. The highest BCUT2D eigenvalue weighted by molar-refractivity contribution is 6.33. The van der Waals surface area contributed by atoms with E-state index in [-0.39, 0.29) is 24.3 Å². The average Bonchev–Trinajstić information content (AvgIpc) is 3.10. The molecule has 3 rings (SSSR count). The van der Waals surface area contributed by atoms with Crippen LogP contribution < -0.4 is 5.32 Å². The van der Waals surface area contributed by atoms with Crippen LogP contribution in [0.15, 0.2) is 40.9 Å². The van der Waals surface area contributed by atoms with Crippen molar-refractivity contribution in [1.29, 1.82) is 0 Å². The number of pyridine rings is 1. The summed E-state index contributed by atoms with van der Waals surface area (Å²) in [5.74, 6) is -2.14. The number of fused-ring (bicyclic) bond motifs is 1. The van der Waals surface area contributed by atoms with Gasteiger partial charge in [0.05, 0.1) is 23.3 Å². The summed E-state index contributed by atoms with van der Waals surface area (Å²) >= 11 is 5.75. The molecule has 0 bridgehead atoms. The zero-order valence-electron chi connectivity index (χ0n) is 17.0. The first-order chi connectivity index (χ1) is 15.1. The maximum Gasteiger partial charge on any atom is 0.417 e. The molecular formula is C21H18ClF3N2O5. The van der Waals surface area contributed by atoms with Crippen LogP contribution in [0.4, 0.5) is 19.0 Å². The number of carbonyl (C=O) groups is 2. The number of para-hydroxylation sites is 1. The van der Waals surface area contributed by atoms with E-state index in [2.05, 4.69) is 10.3 Å². The molecule has 11 heteroatoms. The van der Waals surface area contributed by atoms with Crippen molar-refractivity contribution >= 4 is 40.3 Å². The maximum atomic E-state index is 12.7. The van der Waals surface area contributed by atoms with Crippen molar-refractivity contribution in [3.05, 3.63) is 58.4 Å². The van der Waals surface area contributed by atoms with Gasteiger partial charge in [0.2, 0.25) is 5.76 Å². The van der Waals surface area contributed by atoms with Crippen LogP contribution in [0.1, 0.15) is 35.5 Å². The number of alkyl halides is 3. The maximum absolute atomic E-state index is 12.7. The summed E-state index contributed by atoms with van der Waals surface area (Å²) in [7, 11) is 0. The van der Waals surface area contributed by atoms with Crippen LogP contribution >= 0.6 is 11.6 Å². The van der Waals surface area contributed by atoms with Crippen LogP contribution in [0.3, 0.4) is 0 Å². The van der Waals surface area contributed by atoms with E-state index in [1.54, 1.807) is 24.3 Å². The number of benzene rings is 1. The third-order valence-corrected chi connectivity index (χ3v) is 4.49. The van der Waals surface area contributed by atoms with E-state index in [9.17, 15) is 22.8 Å². The van der Waals surface area contributed by atoms with Crippen LogP contribution in [0.5, 0.6) is 0 Å². The van der Waals surface area contributed by atoms with Gasteiger partial charge in [0.15, 0.2) is 12.4 Å². The summed E-state index contributed by atoms with van der Waals surface area (Å²) in [6, 6.07) is 7.59. The van der Waals surface area contributed by atoms with Crippen molar-refractivity contribution in [2.45, 2.75) is 32.7 Å². The highest BCUT2D eigenvalue weighted by atomic mass is 35.5. The van der Waals surface area contributed by atoms with Crippen LogP contribution in [0, 0.1) is 0 Å². The lowest BCUT2D eigenvalue weighted by Gasteiger charge is -2.10. The van der Waals surface area contributed by atoms with Crippen molar-refractivity contribution in [2.24, 2.45) is 0 Å². The summed E-state index contributed by atoms with van der Waals surface area (Å²) in [5.41, 5.74) is -0.132. The second kappa shape index (κ2) is 9.58. The zero-order valence-corrected chi connectivity index (χ0v) is 17.7. The number of ether oxygens (including phenoxy) is 2. The van der Waals surface area contributed by atoms with E-state index in [4.69, 9.17) is 25.5 Å². The Morgan fingerprint density at radius 3 is 2.62 bits per heavy atom. The molecule has 0 atom stereocenters. The van der Waals surface area contributed by atoms with E-state index >= 15 is 0 Å². The van der Waals surface area contributed by atoms with Gasteiger partial charge in [-0.2, -0.15) is 13.2 Å². The second-order valence-electron chi connectivity index (χ2n) is 6.94. The predicted octanol–water partition coefficient (Wildman–Crippen LogP) is 5.22. The number of rotatable bonds is 7. The van der Waals surface area contributed by atoms with E-state index in [0.29, 0.717) is 28.8 Å². The monoisotopic (exact) mass is 470 g/mol. The number of aromatic nitrogens is 1. The Morgan fingerprint density at radius 1 is 1.25 bits per heavy atom. The molecule has 1 amide bonds. The number of amides is 1. The van der Waals surface area contributed by atoms with Crippen LogP contribution in [-0.2, 0) is 27.1 Å². The van der Waals surface area contributed by atoms with Gasteiger partial charge in [0.25, 0.3) is 5.91 Å². The summed E-state index contributed by atoms with van der Waals surface area (Å²) in [6.07, 6.45) is -4.19. The molecule has 1 aromatic carbocycles. The van der Waals surface area contributed by atoms with Gasteiger partial charge in [-0.3, -0.25) is 4.79 Å². The zero-order chi connectivity index (χ0) is 23.5. The highest BCUT2D eigenvalue weighted by Gasteiger charge is 2.31. The lowest BCUT2D eigenvalue weighted by atomic mass is 10.1. The lowest BCUT2D eigenvalue weighted by molar-refractivity contribution is -0.137. The number of halogens is 4. The van der Waals surface area contributed by atoms with Gasteiger partial charge in [-0.05, 0) is 26.0 Å². The summed E-state index contributed by atoms with van der Waals surface area (Å²) < 4.78 is 54.2. The number of nitrogens with one attached hydrogen (secondary N) is 1. The molecule has 170 valence electrons. The molecule has 7 nitrogen and oxygen atoms in total. The van der Waals surface area contributed by atoms with Gasteiger partial charge in [-0.15, -0.1) is 0 Å².